The molecule has 1 saturated heterocycles. The van der Waals surface area contributed by atoms with E-state index in [4.69, 9.17) is 9.47 Å². The van der Waals surface area contributed by atoms with Gasteiger partial charge in [-0.1, -0.05) is 30.3 Å². The van der Waals surface area contributed by atoms with Gasteiger partial charge in [-0.05, 0) is 17.0 Å². The van der Waals surface area contributed by atoms with Crippen molar-refractivity contribution >= 4 is 16.9 Å². The van der Waals surface area contributed by atoms with Crippen LogP contribution in [-0.4, -0.2) is 19.8 Å². The van der Waals surface area contributed by atoms with Crippen LogP contribution in [0.25, 0.3) is 10.8 Å². The molecule has 1 amide bonds. The fourth-order valence-electron chi connectivity index (χ4n) is 2.33. The van der Waals surface area contributed by atoms with Crippen LogP contribution in [0.5, 0.6) is 5.75 Å². The normalized spacial score (nSPS) is 18.5. The Morgan fingerprint density at radius 3 is 2.67 bits per heavy atom. The van der Waals surface area contributed by atoms with Crippen LogP contribution in [0.15, 0.2) is 36.4 Å². The number of carbonyl (C=O) groups excluding carboxylic acids is 1. The Morgan fingerprint density at radius 1 is 1.22 bits per heavy atom. The van der Waals surface area contributed by atoms with Gasteiger partial charge in [-0.25, -0.2) is 4.79 Å². The smallest absolute Gasteiger partial charge is 0.407 e. The van der Waals surface area contributed by atoms with E-state index in [0.717, 1.165) is 22.1 Å². The van der Waals surface area contributed by atoms with E-state index in [-0.39, 0.29) is 12.1 Å². The van der Waals surface area contributed by atoms with Gasteiger partial charge in [0.25, 0.3) is 0 Å². The van der Waals surface area contributed by atoms with Gasteiger partial charge in [0.05, 0.1) is 13.2 Å². The van der Waals surface area contributed by atoms with Gasteiger partial charge >= 0.3 is 6.09 Å². The Morgan fingerprint density at radius 2 is 2.00 bits per heavy atom. The van der Waals surface area contributed by atoms with Crippen molar-refractivity contribution in [3.63, 3.8) is 0 Å². The van der Waals surface area contributed by atoms with Crippen molar-refractivity contribution in [1.29, 1.82) is 0 Å². The number of cyclic esters (lactones) is 1. The van der Waals surface area contributed by atoms with Crippen molar-refractivity contribution in [3.8, 4) is 5.75 Å². The molecule has 0 aliphatic carbocycles. The highest BCUT2D eigenvalue weighted by atomic mass is 16.6. The van der Waals surface area contributed by atoms with Crippen molar-refractivity contribution in [2.45, 2.75) is 6.04 Å². The summed E-state index contributed by atoms with van der Waals surface area (Å²) in [5, 5.41) is 4.91. The minimum atomic E-state index is -0.361. The topological polar surface area (TPSA) is 47.6 Å². The van der Waals surface area contributed by atoms with Gasteiger partial charge in [0.2, 0.25) is 0 Å². The fraction of sp³-hybridized carbons (Fsp3) is 0.214. The number of fused-ring (bicyclic) bond motifs is 1. The first kappa shape index (κ1) is 10.9. The summed E-state index contributed by atoms with van der Waals surface area (Å²) in [6.45, 7) is 0.370. The van der Waals surface area contributed by atoms with E-state index in [9.17, 15) is 4.79 Å². The lowest BCUT2D eigenvalue weighted by Crippen LogP contribution is -2.18. The molecular weight excluding hydrogens is 230 g/mol. The van der Waals surface area contributed by atoms with E-state index in [2.05, 4.69) is 5.32 Å². The third-order valence-corrected chi connectivity index (χ3v) is 3.19. The third-order valence-electron chi connectivity index (χ3n) is 3.19. The summed E-state index contributed by atoms with van der Waals surface area (Å²) in [5.74, 6) is 0.833. The maximum atomic E-state index is 11.1. The first-order chi connectivity index (χ1) is 8.79. The van der Waals surface area contributed by atoms with Gasteiger partial charge in [-0.15, -0.1) is 0 Å². The summed E-state index contributed by atoms with van der Waals surface area (Å²) < 4.78 is 10.3. The number of hydrogen-bond donors (Lipinski definition) is 1. The molecule has 0 saturated carbocycles. The highest BCUT2D eigenvalue weighted by Crippen LogP contribution is 2.32. The molecule has 1 heterocycles. The first-order valence-electron chi connectivity index (χ1n) is 5.78. The van der Waals surface area contributed by atoms with Crippen LogP contribution in [0.4, 0.5) is 4.79 Å². The molecule has 1 atom stereocenters. The Hall–Kier alpha value is -2.23. The molecule has 0 spiro atoms. The van der Waals surface area contributed by atoms with Gasteiger partial charge in [0.15, 0.2) is 0 Å². The number of carbonyl (C=O) groups is 1. The molecule has 1 N–H and O–H groups in total. The lowest BCUT2D eigenvalue weighted by molar-refractivity contribution is 0.177. The summed E-state index contributed by atoms with van der Waals surface area (Å²) in [6, 6.07) is 11.8. The molecule has 92 valence electrons. The Kier molecular flexibility index (Phi) is 2.55. The van der Waals surface area contributed by atoms with Gasteiger partial charge in [-0.3, -0.25) is 0 Å². The zero-order chi connectivity index (χ0) is 12.5. The van der Waals surface area contributed by atoms with E-state index in [1.807, 2.05) is 36.4 Å². The predicted molar refractivity (Wildman–Crippen MR) is 67.7 cm³/mol. The minimum absolute atomic E-state index is 0.0895. The van der Waals surface area contributed by atoms with Gasteiger partial charge < -0.3 is 14.8 Å². The summed E-state index contributed by atoms with van der Waals surface area (Å²) in [5.41, 5.74) is 1.05. The fourth-order valence-corrected chi connectivity index (χ4v) is 2.33. The van der Waals surface area contributed by atoms with Crippen LogP contribution < -0.4 is 10.1 Å². The van der Waals surface area contributed by atoms with Crippen molar-refractivity contribution in [1.82, 2.24) is 5.32 Å². The Balaban J connectivity index is 2.16. The largest absolute Gasteiger partial charge is 0.496 e. The number of amides is 1. The molecular formula is C14H13NO3. The van der Waals surface area contributed by atoms with Crippen LogP contribution >= 0.6 is 0 Å². The van der Waals surface area contributed by atoms with Crippen molar-refractivity contribution in [3.05, 3.63) is 42.0 Å². The molecule has 0 radical (unpaired) electrons. The molecule has 2 aromatic carbocycles. The molecule has 0 bridgehead atoms. The summed E-state index contributed by atoms with van der Waals surface area (Å²) in [4.78, 5) is 11.1. The first-order valence-corrected chi connectivity index (χ1v) is 5.78. The van der Waals surface area contributed by atoms with Crippen LogP contribution in [0.3, 0.4) is 0 Å². The number of alkyl carbamates (subject to hydrolysis) is 1. The third kappa shape index (κ3) is 1.66. The van der Waals surface area contributed by atoms with E-state index >= 15 is 0 Å². The van der Waals surface area contributed by atoms with Gasteiger partial charge in [0, 0.05) is 5.39 Å². The van der Waals surface area contributed by atoms with Crippen LogP contribution in [0.1, 0.15) is 11.6 Å². The summed E-state index contributed by atoms with van der Waals surface area (Å²) in [7, 11) is 1.65. The molecule has 2 aromatic rings. The van der Waals surface area contributed by atoms with Crippen LogP contribution in [0.2, 0.25) is 0 Å². The van der Waals surface area contributed by atoms with Crippen LogP contribution in [0, 0.1) is 0 Å². The Labute approximate surface area is 105 Å². The van der Waals surface area contributed by atoms with Crippen LogP contribution in [-0.2, 0) is 4.74 Å². The van der Waals surface area contributed by atoms with E-state index in [1.54, 1.807) is 7.11 Å². The van der Waals surface area contributed by atoms with Crippen molar-refractivity contribution in [2.75, 3.05) is 13.7 Å². The number of ether oxygens (including phenoxy) is 2. The van der Waals surface area contributed by atoms with E-state index in [1.165, 1.54) is 0 Å². The number of rotatable bonds is 2. The second kappa shape index (κ2) is 4.22. The lowest BCUT2D eigenvalue weighted by atomic mass is 9.99. The number of hydrogen-bond acceptors (Lipinski definition) is 3. The van der Waals surface area contributed by atoms with Gasteiger partial charge in [0.1, 0.15) is 12.4 Å². The van der Waals surface area contributed by atoms with E-state index < -0.39 is 0 Å². The highest BCUT2D eigenvalue weighted by Gasteiger charge is 2.25. The van der Waals surface area contributed by atoms with Crippen molar-refractivity contribution in [2.24, 2.45) is 0 Å². The maximum absolute atomic E-state index is 11.1. The number of benzene rings is 2. The zero-order valence-corrected chi connectivity index (χ0v) is 9.97. The second-order valence-electron chi connectivity index (χ2n) is 4.20. The summed E-state index contributed by atoms with van der Waals surface area (Å²) >= 11 is 0. The standard InChI is InChI=1S/C14H13NO3/c1-17-13-7-6-10(12-8-18-14(16)15-12)9-4-2-3-5-11(9)13/h2-7,12H,8H2,1H3,(H,15,16)/t12-/m0/s1. The number of methoxy groups -OCH3 is 1. The van der Waals surface area contributed by atoms with E-state index in [0.29, 0.717) is 6.61 Å². The highest BCUT2D eigenvalue weighted by molar-refractivity contribution is 5.92. The number of nitrogens with one attached hydrogen (secondary N) is 1. The molecule has 18 heavy (non-hydrogen) atoms. The average Bonchev–Trinajstić information content (AvgIpc) is 2.84. The summed E-state index contributed by atoms with van der Waals surface area (Å²) in [6.07, 6.45) is -0.361. The average molecular weight is 243 g/mol. The Bertz CT molecular complexity index is 609. The maximum Gasteiger partial charge on any atom is 0.407 e. The molecule has 1 aliphatic heterocycles. The molecule has 4 nitrogen and oxygen atoms in total. The molecule has 1 aliphatic rings. The van der Waals surface area contributed by atoms with Crippen molar-refractivity contribution < 1.29 is 14.3 Å². The zero-order valence-electron chi connectivity index (χ0n) is 9.97. The molecule has 0 unspecified atom stereocenters. The quantitative estimate of drug-likeness (QED) is 0.882. The second-order valence-corrected chi connectivity index (χ2v) is 4.20. The van der Waals surface area contributed by atoms with Gasteiger partial charge in [-0.2, -0.15) is 0 Å². The molecule has 4 heteroatoms. The minimum Gasteiger partial charge on any atom is -0.496 e. The molecule has 1 fully saturated rings. The monoisotopic (exact) mass is 243 g/mol. The molecule has 0 aromatic heterocycles. The SMILES string of the molecule is COc1ccc([C@@H]2COC(=O)N2)c2ccccc12. The predicted octanol–water partition coefficient (Wildman–Crippen LogP) is 2.63. The molecule has 3 rings (SSSR count). The lowest BCUT2D eigenvalue weighted by Gasteiger charge is -2.13.